The number of hydrogen-bond acceptors (Lipinski definition) is 4. The number of methoxy groups -OCH3 is 2. The number of hydrogen-bond donors (Lipinski definition) is 4. The van der Waals surface area contributed by atoms with Crippen molar-refractivity contribution in [3.8, 4) is 22.3 Å². The van der Waals surface area contributed by atoms with Crippen molar-refractivity contribution in [2.75, 3.05) is 51.0 Å². The van der Waals surface area contributed by atoms with E-state index in [2.05, 4.69) is 56.8 Å². The molecule has 8 nitrogen and oxygen atoms in total. The molecule has 0 radical (unpaired) electrons. The second-order valence-corrected chi connectivity index (χ2v) is 11.6. The molecule has 0 saturated carbocycles. The monoisotopic (exact) mass is 618 g/mol. The number of para-hydroxylation sites is 2. The molecule has 4 aromatic rings. The maximum atomic E-state index is 8.40. The van der Waals surface area contributed by atoms with Gasteiger partial charge in [-0.1, -0.05) is 97.1 Å². The van der Waals surface area contributed by atoms with Gasteiger partial charge in [0.15, 0.2) is 11.9 Å². The molecular weight excluding hydrogens is 572 g/mol. The molecule has 4 aromatic carbocycles. The Kier molecular flexibility index (Phi) is 11.8. The number of piperidine rings is 2. The minimum atomic E-state index is 0.218. The average molecular weight is 619 g/mol. The number of guanidine groups is 2. The normalized spacial score (nSPS) is 16.6. The van der Waals surface area contributed by atoms with E-state index in [4.69, 9.17) is 20.3 Å². The van der Waals surface area contributed by atoms with Crippen LogP contribution in [0.5, 0.6) is 0 Å². The zero-order valence-corrected chi connectivity index (χ0v) is 26.9. The van der Waals surface area contributed by atoms with Gasteiger partial charge in [-0.25, -0.2) is 0 Å². The molecule has 0 aliphatic carbocycles. The minimum Gasteiger partial charge on any atom is -0.381 e. The standard InChI is InChI=1S/2C19H23N3O/c1-23-16-10-7-13-22(14-16)19(20)21-18-12-6-5-11-17(18)15-8-3-2-4-9-15;1-23-16-11-13-22(14-12-16)19(20)21-18-10-6-5-9-17(18)15-7-3-2-4-8-15/h2-6,8-9,11-12,16H,7,10,13-14H2,1H3,(H2,20,21);2-10,16H,11-14H2,1H3,(H2,20,21). The van der Waals surface area contributed by atoms with E-state index in [1.54, 1.807) is 14.2 Å². The maximum Gasteiger partial charge on any atom is 0.195 e. The van der Waals surface area contributed by atoms with Gasteiger partial charge in [-0.2, -0.15) is 0 Å². The number of nitrogens with zero attached hydrogens (tertiary/aromatic N) is 2. The summed E-state index contributed by atoms with van der Waals surface area (Å²) >= 11 is 0. The van der Waals surface area contributed by atoms with Crippen molar-refractivity contribution >= 4 is 23.3 Å². The van der Waals surface area contributed by atoms with E-state index in [-0.39, 0.29) is 6.10 Å². The number of likely N-dealkylation sites (tertiary alicyclic amines) is 2. The van der Waals surface area contributed by atoms with Crippen molar-refractivity contribution in [3.63, 3.8) is 0 Å². The van der Waals surface area contributed by atoms with Crippen LogP contribution in [0.25, 0.3) is 22.3 Å². The number of benzene rings is 4. The summed E-state index contributed by atoms with van der Waals surface area (Å²) in [6, 6.07) is 36.8. The Morgan fingerprint density at radius 2 is 1.02 bits per heavy atom. The molecule has 2 aliphatic heterocycles. The van der Waals surface area contributed by atoms with Gasteiger partial charge in [0.25, 0.3) is 0 Å². The minimum absolute atomic E-state index is 0.218. The molecule has 240 valence electrons. The quantitative estimate of drug-likeness (QED) is 0.131. The number of rotatable bonds is 6. The topological polar surface area (TPSA) is 96.7 Å². The van der Waals surface area contributed by atoms with E-state index in [0.717, 1.165) is 85.5 Å². The zero-order chi connectivity index (χ0) is 32.1. The molecule has 1 atom stereocenters. The van der Waals surface area contributed by atoms with E-state index in [1.807, 2.05) is 72.8 Å². The lowest BCUT2D eigenvalue weighted by Crippen LogP contribution is -2.45. The number of ether oxygens (including phenoxy) is 2. The summed E-state index contributed by atoms with van der Waals surface area (Å²) in [5.41, 5.74) is 6.46. The summed E-state index contributed by atoms with van der Waals surface area (Å²) in [4.78, 5) is 4.14. The molecule has 2 saturated heterocycles. The SMILES string of the molecule is COC1CCCN(C(=N)Nc2ccccc2-c2ccccc2)C1.COC1CCN(C(=N)Nc2ccccc2-c2ccccc2)CC1. The van der Waals surface area contributed by atoms with Gasteiger partial charge in [0, 0.05) is 62.9 Å². The van der Waals surface area contributed by atoms with Crippen LogP contribution in [0.1, 0.15) is 25.7 Å². The molecule has 4 N–H and O–H groups in total. The van der Waals surface area contributed by atoms with Crippen molar-refractivity contribution in [1.82, 2.24) is 9.80 Å². The highest BCUT2D eigenvalue weighted by atomic mass is 16.5. The third kappa shape index (κ3) is 8.74. The van der Waals surface area contributed by atoms with Crippen molar-refractivity contribution in [1.29, 1.82) is 10.8 Å². The Balaban J connectivity index is 0.000000181. The predicted octanol–water partition coefficient (Wildman–Crippen LogP) is 7.62. The summed E-state index contributed by atoms with van der Waals surface area (Å²) in [5.74, 6) is 0.901. The summed E-state index contributed by atoms with van der Waals surface area (Å²) in [5, 5.41) is 23.3. The highest BCUT2D eigenvalue weighted by Crippen LogP contribution is 2.29. The molecule has 2 heterocycles. The fraction of sp³-hybridized carbons (Fsp3) is 0.316. The van der Waals surface area contributed by atoms with E-state index < -0.39 is 0 Å². The Hall–Kier alpha value is -4.66. The fourth-order valence-corrected chi connectivity index (χ4v) is 5.99. The zero-order valence-electron chi connectivity index (χ0n) is 26.9. The first-order chi connectivity index (χ1) is 22.6. The molecule has 0 amide bonds. The average Bonchev–Trinajstić information content (AvgIpc) is 3.13. The second-order valence-electron chi connectivity index (χ2n) is 11.6. The first kappa shape index (κ1) is 32.7. The van der Waals surface area contributed by atoms with Crippen molar-refractivity contribution in [2.45, 2.75) is 37.9 Å². The summed E-state index contributed by atoms with van der Waals surface area (Å²) in [6.45, 7) is 3.39. The van der Waals surface area contributed by atoms with Crippen LogP contribution < -0.4 is 10.6 Å². The van der Waals surface area contributed by atoms with E-state index in [1.165, 1.54) is 0 Å². The number of nitrogens with one attached hydrogen (secondary N) is 4. The second kappa shape index (κ2) is 16.6. The Morgan fingerprint density at radius 3 is 1.52 bits per heavy atom. The predicted molar refractivity (Wildman–Crippen MR) is 190 cm³/mol. The van der Waals surface area contributed by atoms with Gasteiger partial charge in [0.2, 0.25) is 0 Å². The third-order valence-electron chi connectivity index (χ3n) is 8.65. The van der Waals surface area contributed by atoms with Gasteiger partial charge >= 0.3 is 0 Å². The third-order valence-corrected chi connectivity index (χ3v) is 8.65. The smallest absolute Gasteiger partial charge is 0.195 e. The fourth-order valence-electron chi connectivity index (χ4n) is 5.99. The molecule has 2 aliphatic rings. The van der Waals surface area contributed by atoms with Gasteiger partial charge < -0.3 is 29.9 Å². The molecule has 1 unspecified atom stereocenters. The van der Waals surface area contributed by atoms with Crippen LogP contribution in [-0.2, 0) is 9.47 Å². The van der Waals surface area contributed by atoms with Crippen LogP contribution >= 0.6 is 0 Å². The highest BCUT2D eigenvalue weighted by molar-refractivity contribution is 5.96. The Bertz CT molecular complexity index is 1540. The molecular formula is C38H46N6O2. The molecule has 8 heteroatoms. The van der Waals surface area contributed by atoms with Gasteiger partial charge in [-0.3, -0.25) is 10.8 Å². The Morgan fingerprint density at radius 1 is 0.565 bits per heavy atom. The van der Waals surface area contributed by atoms with Crippen LogP contribution in [0.3, 0.4) is 0 Å². The van der Waals surface area contributed by atoms with Gasteiger partial charge in [0.1, 0.15) is 0 Å². The van der Waals surface area contributed by atoms with E-state index >= 15 is 0 Å². The molecule has 6 rings (SSSR count). The lowest BCUT2D eigenvalue weighted by molar-refractivity contribution is 0.0534. The summed E-state index contributed by atoms with van der Waals surface area (Å²) in [7, 11) is 3.51. The largest absolute Gasteiger partial charge is 0.381 e. The van der Waals surface area contributed by atoms with Gasteiger partial charge in [0.05, 0.1) is 12.2 Å². The van der Waals surface area contributed by atoms with Gasteiger partial charge in [-0.15, -0.1) is 0 Å². The van der Waals surface area contributed by atoms with Crippen LogP contribution in [0.2, 0.25) is 0 Å². The van der Waals surface area contributed by atoms with Crippen LogP contribution in [0.4, 0.5) is 11.4 Å². The van der Waals surface area contributed by atoms with Crippen molar-refractivity contribution in [3.05, 3.63) is 109 Å². The van der Waals surface area contributed by atoms with Crippen LogP contribution in [0, 0.1) is 10.8 Å². The van der Waals surface area contributed by atoms with E-state index in [9.17, 15) is 0 Å². The van der Waals surface area contributed by atoms with Crippen molar-refractivity contribution < 1.29 is 9.47 Å². The molecule has 0 aromatic heterocycles. The van der Waals surface area contributed by atoms with Gasteiger partial charge in [-0.05, 0) is 48.9 Å². The van der Waals surface area contributed by atoms with E-state index in [0.29, 0.717) is 18.0 Å². The molecule has 0 bridgehead atoms. The maximum absolute atomic E-state index is 8.40. The lowest BCUT2D eigenvalue weighted by Gasteiger charge is -2.33. The van der Waals surface area contributed by atoms with Crippen molar-refractivity contribution in [2.24, 2.45) is 0 Å². The lowest BCUT2D eigenvalue weighted by atomic mass is 10.0. The molecule has 2 fully saturated rings. The summed E-state index contributed by atoms with van der Waals surface area (Å²) < 4.78 is 10.8. The molecule has 46 heavy (non-hydrogen) atoms. The summed E-state index contributed by atoms with van der Waals surface area (Å²) in [6.07, 6.45) is 4.62. The van der Waals surface area contributed by atoms with Crippen LogP contribution in [0.15, 0.2) is 109 Å². The highest BCUT2D eigenvalue weighted by Gasteiger charge is 2.22. The van der Waals surface area contributed by atoms with Crippen LogP contribution in [-0.4, -0.2) is 74.3 Å². The Labute approximate surface area is 273 Å². The molecule has 0 spiro atoms. The first-order valence-corrected chi connectivity index (χ1v) is 16.1. The first-order valence-electron chi connectivity index (χ1n) is 16.1. The number of anilines is 2.